The van der Waals surface area contributed by atoms with E-state index < -0.39 is 0 Å². The number of likely N-dealkylation sites (N-methyl/N-ethyl adjacent to an activating group) is 1. The van der Waals surface area contributed by atoms with E-state index in [9.17, 15) is 4.79 Å². The lowest BCUT2D eigenvalue weighted by atomic mass is 10.1. The van der Waals surface area contributed by atoms with Gasteiger partial charge in [0.05, 0.1) is 6.54 Å². The lowest BCUT2D eigenvalue weighted by Gasteiger charge is -2.24. The molecule has 4 nitrogen and oxygen atoms in total. The van der Waals surface area contributed by atoms with Gasteiger partial charge in [-0.2, -0.15) is 0 Å². The highest BCUT2D eigenvalue weighted by Gasteiger charge is 2.33. The van der Waals surface area contributed by atoms with Gasteiger partial charge in [0, 0.05) is 25.7 Å². The molecule has 1 N–H and O–H groups in total. The fourth-order valence-electron chi connectivity index (χ4n) is 2.78. The first kappa shape index (κ1) is 12.8. The summed E-state index contributed by atoms with van der Waals surface area (Å²) in [6.45, 7) is 5.75. The van der Waals surface area contributed by atoms with Gasteiger partial charge in [-0.25, -0.2) is 0 Å². The third-order valence-electron chi connectivity index (χ3n) is 3.91. The van der Waals surface area contributed by atoms with E-state index in [0.717, 1.165) is 32.5 Å². The lowest BCUT2D eigenvalue weighted by Crippen LogP contribution is -2.40. The molecule has 17 heavy (non-hydrogen) atoms. The second-order valence-electron chi connectivity index (χ2n) is 5.31. The number of amides is 1. The van der Waals surface area contributed by atoms with Crippen molar-refractivity contribution in [1.29, 1.82) is 0 Å². The molecule has 1 aliphatic carbocycles. The second-order valence-corrected chi connectivity index (χ2v) is 5.31. The van der Waals surface area contributed by atoms with Crippen LogP contribution in [0, 0.1) is 5.92 Å². The zero-order chi connectivity index (χ0) is 12.3. The number of likely N-dealkylation sites (tertiary alicyclic amines) is 1. The highest BCUT2D eigenvalue weighted by Crippen LogP contribution is 2.27. The third-order valence-corrected chi connectivity index (χ3v) is 3.91. The summed E-state index contributed by atoms with van der Waals surface area (Å²) in [5.74, 6) is 0.878. The number of rotatable bonds is 6. The molecule has 0 bridgehead atoms. The zero-order valence-electron chi connectivity index (χ0n) is 10.8. The smallest absolute Gasteiger partial charge is 0.236 e. The van der Waals surface area contributed by atoms with Crippen molar-refractivity contribution >= 4 is 5.91 Å². The Morgan fingerprint density at radius 3 is 2.76 bits per heavy atom. The predicted molar refractivity (Wildman–Crippen MR) is 66.7 cm³/mol. The summed E-state index contributed by atoms with van der Waals surface area (Å²) in [7, 11) is 0. The molecule has 4 heteroatoms. The van der Waals surface area contributed by atoms with Crippen LogP contribution in [0.25, 0.3) is 0 Å². The van der Waals surface area contributed by atoms with Crippen molar-refractivity contribution in [1.82, 2.24) is 9.80 Å². The Hall–Kier alpha value is -0.610. The van der Waals surface area contributed by atoms with Crippen LogP contribution in [0.2, 0.25) is 0 Å². The molecule has 2 fully saturated rings. The van der Waals surface area contributed by atoms with Crippen LogP contribution in [0.1, 0.15) is 32.6 Å². The topological polar surface area (TPSA) is 43.8 Å². The van der Waals surface area contributed by atoms with E-state index in [2.05, 4.69) is 11.8 Å². The van der Waals surface area contributed by atoms with Gasteiger partial charge in [0.25, 0.3) is 0 Å². The van der Waals surface area contributed by atoms with Crippen LogP contribution in [0.3, 0.4) is 0 Å². The monoisotopic (exact) mass is 240 g/mol. The molecule has 0 spiro atoms. The van der Waals surface area contributed by atoms with E-state index in [1.54, 1.807) is 0 Å². The van der Waals surface area contributed by atoms with Gasteiger partial charge in [-0.05, 0) is 45.1 Å². The lowest BCUT2D eigenvalue weighted by molar-refractivity contribution is -0.132. The van der Waals surface area contributed by atoms with Crippen LogP contribution in [-0.4, -0.2) is 59.6 Å². The normalized spacial score (nSPS) is 25.2. The maximum Gasteiger partial charge on any atom is 0.236 e. The van der Waals surface area contributed by atoms with Gasteiger partial charge in [-0.3, -0.25) is 9.69 Å². The largest absolute Gasteiger partial charge is 0.396 e. The minimum absolute atomic E-state index is 0.273. The minimum Gasteiger partial charge on any atom is -0.396 e. The molecule has 0 aromatic rings. The highest BCUT2D eigenvalue weighted by molar-refractivity contribution is 5.79. The Bertz CT molecular complexity index is 266. The van der Waals surface area contributed by atoms with Crippen LogP contribution in [0.15, 0.2) is 0 Å². The van der Waals surface area contributed by atoms with Crippen LogP contribution >= 0.6 is 0 Å². The zero-order valence-corrected chi connectivity index (χ0v) is 10.8. The summed E-state index contributed by atoms with van der Waals surface area (Å²) in [5, 5.41) is 8.91. The van der Waals surface area contributed by atoms with Crippen molar-refractivity contribution in [3.05, 3.63) is 0 Å². The first-order chi connectivity index (χ1) is 8.24. The van der Waals surface area contributed by atoms with E-state index >= 15 is 0 Å². The summed E-state index contributed by atoms with van der Waals surface area (Å²) >= 11 is 0. The Morgan fingerprint density at radius 2 is 2.18 bits per heavy atom. The number of aliphatic hydroxyl groups excluding tert-OH is 1. The van der Waals surface area contributed by atoms with Gasteiger partial charge in [0.1, 0.15) is 0 Å². The van der Waals surface area contributed by atoms with Gasteiger partial charge in [-0.1, -0.05) is 0 Å². The molecule has 0 aromatic heterocycles. The van der Waals surface area contributed by atoms with E-state index in [1.807, 2.05) is 4.90 Å². The molecule has 1 aliphatic heterocycles. The fraction of sp³-hybridized carbons (Fsp3) is 0.923. The van der Waals surface area contributed by atoms with Crippen LogP contribution in [-0.2, 0) is 4.79 Å². The van der Waals surface area contributed by atoms with Crippen molar-refractivity contribution in [2.24, 2.45) is 5.92 Å². The van der Waals surface area contributed by atoms with Crippen LogP contribution < -0.4 is 0 Å². The van der Waals surface area contributed by atoms with Crippen LogP contribution in [0.5, 0.6) is 0 Å². The summed E-state index contributed by atoms with van der Waals surface area (Å²) in [4.78, 5) is 16.4. The van der Waals surface area contributed by atoms with Gasteiger partial charge in [0.15, 0.2) is 0 Å². The first-order valence-electron chi connectivity index (χ1n) is 6.87. The molecule has 1 saturated heterocycles. The van der Waals surface area contributed by atoms with Crippen molar-refractivity contribution in [2.75, 3.05) is 32.8 Å². The SMILES string of the molecule is CCN(C(=O)CN1CCC(CCO)C1)C1CC1. The van der Waals surface area contributed by atoms with E-state index in [1.165, 1.54) is 12.8 Å². The molecular weight excluding hydrogens is 216 g/mol. The van der Waals surface area contributed by atoms with Gasteiger partial charge < -0.3 is 10.0 Å². The molecule has 1 unspecified atom stereocenters. The minimum atomic E-state index is 0.273. The summed E-state index contributed by atoms with van der Waals surface area (Å²) in [6, 6.07) is 0.531. The molecular formula is C13H24N2O2. The molecule has 1 amide bonds. The summed E-state index contributed by atoms with van der Waals surface area (Å²) in [6.07, 6.45) is 4.38. The fourth-order valence-corrected chi connectivity index (χ4v) is 2.78. The molecule has 98 valence electrons. The molecule has 1 atom stereocenters. The Labute approximate surface area is 104 Å². The van der Waals surface area contributed by atoms with Gasteiger partial charge in [-0.15, -0.1) is 0 Å². The average Bonchev–Trinajstić information content (AvgIpc) is 3.03. The van der Waals surface area contributed by atoms with Crippen molar-refractivity contribution < 1.29 is 9.90 Å². The van der Waals surface area contributed by atoms with Crippen LogP contribution in [0.4, 0.5) is 0 Å². The third kappa shape index (κ3) is 3.42. The molecule has 1 heterocycles. The summed E-state index contributed by atoms with van der Waals surface area (Å²) in [5.41, 5.74) is 0. The number of hydrogen-bond donors (Lipinski definition) is 1. The molecule has 2 rings (SSSR count). The number of aliphatic hydroxyl groups is 1. The van der Waals surface area contributed by atoms with Crippen molar-refractivity contribution in [3.8, 4) is 0 Å². The predicted octanol–water partition coefficient (Wildman–Crippen LogP) is 0.702. The average molecular weight is 240 g/mol. The quantitative estimate of drug-likeness (QED) is 0.743. The Morgan fingerprint density at radius 1 is 1.41 bits per heavy atom. The van der Waals surface area contributed by atoms with Gasteiger partial charge >= 0.3 is 0 Å². The van der Waals surface area contributed by atoms with E-state index in [-0.39, 0.29) is 6.61 Å². The highest BCUT2D eigenvalue weighted by atomic mass is 16.3. The Balaban J connectivity index is 1.75. The van der Waals surface area contributed by atoms with E-state index in [0.29, 0.717) is 24.4 Å². The first-order valence-corrected chi connectivity index (χ1v) is 6.87. The van der Waals surface area contributed by atoms with Crippen molar-refractivity contribution in [2.45, 2.75) is 38.6 Å². The number of carbonyl (C=O) groups excluding carboxylic acids is 1. The standard InChI is InChI=1S/C13H24N2O2/c1-2-15(12-3-4-12)13(17)10-14-7-5-11(9-14)6-8-16/h11-12,16H,2-10H2,1H3. The summed E-state index contributed by atoms with van der Waals surface area (Å²) < 4.78 is 0. The second kappa shape index (κ2) is 5.83. The number of carbonyl (C=O) groups is 1. The molecule has 1 saturated carbocycles. The number of nitrogens with zero attached hydrogens (tertiary/aromatic N) is 2. The maximum absolute atomic E-state index is 12.1. The van der Waals surface area contributed by atoms with Crippen molar-refractivity contribution in [3.63, 3.8) is 0 Å². The van der Waals surface area contributed by atoms with E-state index in [4.69, 9.17) is 5.11 Å². The molecule has 0 radical (unpaired) electrons. The maximum atomic E-state index is 12.1. The van der Waals surface area contributed by atoms with Gasteiger partial charge in [0.2, 0.25) is 5.91 Å². The molecule has 0 aromatic carbocycles. The molecule has 2 aliphatic rings. The Kier molecular flexibility index (Phi) is 4.40. The number of hydrogen-bond acceptors (Lipinski definition) is 3.